The number of rotatable bonds is 5. The van der Waals surface area contributed by atoms with E-state index in [2.05, 4.69) is 10.3 Å². The van der Waals surface area contributed by atoms with Crippen molar-refractivity contribution in [3.63, 3.8) is 0 Å². The third-order valence-electron chi connectivity index (χ3n) is 4.71. The molecule has 2 aliphatic rings. The summed E-state index contributed by atoms with van der Waals surface area (Å²) in [6, 6.07) is 3.73. The first-order valence-electron chi connectivity index (χ1n) is 9.11. The third-order valence-corrected chi connectivity index (χ3v) is 4.71. The first-order chi connectivity index (χ1) is 13.9. The number of ether oxygens (including phenoxy) is 2. The average Bonchev–Trinajstić information content (AvgIpc) is 3.14. The zero-order valence-electron chi connectivity index (χ0n) is 15.5. The standard InChI is InChI=1S/C20H18F3N3O3/c1-11-6-13(21)2-3-16(11)29-19-14(22)7-12(8-15(19)23)10-28-18-9-17-24-4-5-26(17)20(27)25-18/h2-3,7-9,11,24H,4-6,10H2,1H3. The highest BCUT2D eigenvalue weighted by atomic mass is 19.1. The summed E-state index contributed by atoms with van der Waals surface area (Å²) in [4.78, 5) is 15.7. The Hall–Kier alpha value is -3.23. The predicted molar refractivity (Wildman–Crippen MR) is 99.4 cm³/mol. The monoisotopic (exact) mass is 405 g/mol. The highest BCUT2D eigenvalue weighted by Gasteiger charge is 2.21. The minimum absolute atomic E-state index is 0.0618. The molecule has 0 spiro atoms. The van der Waals surface area contributed by atoms with Gasteiger partial charge in [0.15, 0.2) is 17.4 Å². The van der Waals surface area contributed by atoms with Crippen molar-refractivity contribution in [1.29, 1.82) is 0 Å². The number of aromatic nitrogens is 2. The summed E-state index contributed by atoms with van der Waals surface area (Å²) >= 11 is 0. The molecule has 6 nitrogen and oxygen atoms in total. The molecule has 0 saturated heterocycles. The number of hydrogen-bond donors (Lipinski definition) is 1. The van der Waals surface area contributed by atoms with E-state index < -0.39 is 23.1 Å². The van der Waals surface area contributed by atoms with Crippen molar-refractivity contribution in [2.75, 3.05) is 11.9 Å². The Balaban J connectivity index is 1.49. The van der Waals surface area contributed by atoms with E-state index in [-0.39, 0.29) is 42.0 Å². The molecule has 1 aromatic carbocycles. The van der Waals surface area contributed by atoms with E-state index in [4.69, 9.17) is 9.47 Å². The van der Waals surface area contributed by atoms with E-state index in [0.29, 0.717) is 18.9 Å². The molecule has 4 rings (SSSR count). The first-order valence-corrected chi connectivity index (χ1v) is 9.11. The Bertz CT molecular complexity index is 1060. The molecule has 29 heavy (non-hydrogen) atoms. The smallest absolute Gasteiger partial charge is 0.352 e. The quantitative estimate of drug-likeness (QED) is 0.822. The van der Waals surface area contributed by atoms with Crippen LogP contribution in [-0.2, 0) is 13.2 Å². The fourth-order valence-corrected chi connectivity index (χ4v) is 3.22. The summed E-state index contributed by atoms with van der Waals surface area (Å²) in [5.41, 5.74) is -0.247. The molecule has 0 bridgehead atoms. The zero-order chi connectivity index (χ0) is 20.5. The summed E-state index contributed by atoms with van der Waals surface area (Å²) in [5.74, 6) is -2.09. The van der Waals surface area contributed by atoms with Crippen molar-refractivity contribution in [2.24, 2.45) is 5.92 Å². The molecule has 0 saturated carbocycles. The average molecular weight is 405 g/mol. The highest BCUT2D eigenvalue weighted by molar-refractivity contribution is 5.41. The lowest BCUT2D eigenvalue weighted by Gasteiger charge is -2.19. The lowest BCUT2D eigenvalue weighted by molar-refractivity contribution is 0.286. The summed E-state index contributed by atoms with van der Waals surface area (Å²) in [7, 11) is 0. The summed E-state index contributed by atoms with van der Waals surface area (Å²) in [5, 5.41) is 3.02. The molecule has 152 valence electrons. The Morgan fingerprint density at radius 3 is 2.69 bits per heavy atom. The fourth-order valence-electron chi connectivity index (χ4n) is 3.22. The van der Waals surface area contributed by atoms with Gasteiger partial charge >= 0.3 is 5.69 Å². The van der Waals surface area contributed by atoms with Gasteiger partial charge in [0, 0.05) is 31.5 Å². The molecule has 1 unspecified atom stereocenters. The van der Waals surface area contributed by atoms with Crippen LogP contribution in [0.15, 0.2) is 46.7 Å². The van der Waals surface area contributed by atoms with Gasteiger partial charge in [0.25, 0.3) is 0 Å². The lowest BCUT2D eigenvalue weighted by atomic mass is 10.00. The molecule has 9 heteroatoms. The van der Waals surface area contributed by atoms with E-state index in [9.17, 15) is 18.0 Å². The van der Waals surface area contributed by atoms with E-state index in [1.807, 2.05) is 0 Å². The molecule has 2 aromatic rings. The largest absolute Gasteiger partial charge is 0.473 e. The Morgan fingerprint density at radius 1 is 1.21 bits per heavy atom. The van der Waals surface area contributed by atoms with Gasteiger partial charge in [-0.1, -0.05) is 6.92 Å². The number of benzene rings is 1. The number of anilines is 1. The SMILES string of the molecule is CC1CC(F)=CC=C1Oc1c(F)cc(COc2cc3n(c(=O)n2)CCN3)cc1F. The van der Waals surface area contributed by atoms with E-state index in [1.165, 1.54) is 16.7 Å². The molecular formula is C20H18F3N3O3. The molecular weight excluding hydrogens is 387 g/mol. The van der Waals surface area contributed by atoms with Gasteiger partial charge in [-0.25, -0.2) is 18.0 Å². The van der Waals surface area contributed by atoms with Crippen LogP contribution in [0.2, 0.25) is 0 Å². The van der Waals surface area contributed by atoms with Gasteiger partial charge < -0.3 is 14.8 Å². The molecule has 1 N–H and O–H groups in total. The number of allylic oxidation sites excluding steroid dienone is 4. The van der Waals surface area contributed by atoms with E-state index in [1.54, 1.807) is 13.0 Å². The van der Waals surface area contributed by atoms with Crippen LogP contribution in [0.1, 0.15) is 18.9 Å². The van der Waals surface area contributed by atoms with Crippen molar-refractivity contribution in [2.45, 2.75) is 26.5 Å². The van der Waals surface area contributed by atoms with Gasteiger partial charge in [-0.15, -0.1) is 0 Å². The Labute approximate surface area is 164 Å². The van der Waals surface area contributed by atoms with Crippen molar-refractivity contribution in [3.8, 4) is 11.6 Å². The zero-order valence-corrected chi connectivity index (χ0v) is 15.5. The van der Waals surface area contributed by atoms with Gasteiger partial charge in [0.05, 0.1) is 0 Å². The first kappa shape index (κ1) is 19.1. The van der Waals surface area contributed by atoms with Crippen LogP contribution in [0.25, 0.3) is 0 Å². The molecule has 1 aliphatic heterocycles. The minimum Gasteiger partial charge on any atom is -0.473 e. The van der Waals surface area contributed by atoms with Crippen LogP contribution in [-0.4, -0.2) is 16.1 Å². The number of nitrogens with one attached hydrogen (secondary N) is 1. The second-order valence-corrected chi connectivity index (χ2v) is 6.91. The second-order valence-electron chi connectivity index (χ2n) is 6.91. The number of halogens is 3. The van der Waals surface area contributed by atoms with Crippen molar-refractivity contribution in [1.82, 2.24) is 9.55 Å². The highest BCUT2D eigenvalue weighted by Crippen LogP contribution is 2.31. The second kappa shape index (κ2) is 7.65. The topological polar surface area (TPSA) is 65.4 Å². The lowest BCUT2D eigenvalue weighted by Crippen LogP contribution is -2.21. The van der Waals surface area contributed by atoms with Crippen LogP contribution in [0.5, 0.6) is 11.6 Å². The summed E-state index contributed by atoms with van der Waals surface area (Å²) < 4.78 is 54.4. The molecule has 1 atom stereocenters. The van der Waals surface area contributed by atoms with Gasteiger partial charge in [-0.3, -0.25) is 4.57 Å². The van der Waals surface area contributed by atoms with Crippen LogP contribution in [0.4, 0.5) is 19.0 Å². The van der Waals surface area contributed by atoms with Gasteiger partial charge in [0.1, 0.15) is 24.0 Å². The predicted octanol–water partition coefficient (Wildman–Crippen LogP) is 3.68. The fraction of sp³-hybridized carbons (Fsp3) is 0.300. The minimum atomic E-state index is -0.907. The number of fused-ring (bicyclic) bond motifs is 1. The maximum absolute atomic E-state index is 14.4. The van der Waals surface area contributed by atoms with Crippen LogP contribution >= 0.6 is 0 Å². The van der Waals surface area contributed by atoms with Crippen LogP contribution < -0.4 is 20.5 Å². The van der Waals surface area contributed by atoms with Crippen LogP contribution in [0, 0.1) is 17.6 Å². The maximum atomic E-state index is 14.4. The number of nitrogens with zero attached hydrogens (tertiary/aromatic N) is 2. The Kier molecular flexibility index (Phi) is 5.04. The van der Waals surface area contributed by atoms with Crippen LogP contribution in [0.3, 0.4) is 0 Å². The van der Waals surface area contributed by atoms with E-state index >= 15 is 0 Å². The van der Waals surface area contributed by atoms with Gasteiger partial charge in [-0.05, 0) is 29.8 Å². The molecule has 1 aromatic heterocycles. The normalized spacial score (nSPS) is 17.9. The molecule has 2 heterocycles. The number of hydrogen-bond acceptors (Lipinski definition) is 5. The van der Waals surface area contributed by atoms with Gasteiger partial charge in [0.2, 0.25) is 5.88 Å². The summed E-state index contributed by atoms with van der Waals surface area (Å²) in [6.45, 7) is 2.67. The van der Waals surface area contributed by atoms with Crippen molar-refractivity contribution < 1.29 is 22.6 Å². The molecule has 0 fully saturated rings. The molecule has 1 aliphatic carbocycles. The maximum Gasteiger partial charge on any atom is 0.352 e. The van der Waals surface area contributed by atoms with E-state index in [0.717, 1.165) is 12.1 Å². The summed E-state index contributed by atoms with van der Waals surface area (Å²) in [6.07, 6.45) is 2.70. The van der Waals surface area contributed by atoms with Crippen molar-refractivity contribution in [3.05, 3.63) is 69.6 Å². The van der Waals surface area contributed by atoms with Crippen molar-refractivity contribution >= 4 is 5.82 Å². The van der Waals surface area contributed by atoms with Gasteiger partial charge in [-0.2, -0.15) is 4.98 Å². The molecule has 0 amide bonds. The molecule has 0 radical (unpaired) electrons. The third kappa shape index (κ3) is 3.98. The Morgan fingerprint density at radius 2 is 1.97 bits per heavy atom.